The highest BCUT2D eigenvalue weighted by molar-refractivity contribution is 5.92. The van der Waals surface area contributed by atoms with Gasteiger partial charge in [-0.1, -0.05) is 42.0 Å². The maximum atomic E-state index is 5.87. The summed E-state index contributed by atoms with van der Waals surface area (Å²) in [5.74, 6) is 0.876. The highest BCUT2D eigenvalue weighted by Gasteiger charge is 2.24. The van der Waals surface area contributed by atoms with Crippen molar-refractivity contribution in [3.63, 3.8) is 0 Å². The molecule has 1 aliphatic rings. The van der Waals surface area contributed by atoms with Crippen molar-refractivity contribution in [3.05, 3.63) is 76.5 Å². The Hall–Kier alpha value is -2.74. The number of hydrogen-bond acceptors (Lipinski definition) is 2. The number of fused-ring (bicyclic) bond motifs is 2. The van der Waals surface area contributed by atoms with Gasteiger partial charge in [-0.05, 0) is 55.7 Å². The fraction of sp³-hybridized carbons (Fsp3) is 0.143. The van der Waals surface area contributed by atoms with Gasteiger partial charge in [0.2, 0.25) is 5.88 Å². The molecule has 4 rings (SSSR count). The van der Waals surface area contributed by atoms with E-state index in [9.17, 15) is 0 Å². The first-order chi connectivity index (χ1) is 11.1. The lowest BCUT2D eigenvalue weighted by molar-refractivity contribution is 0.573. The number of benzene rings is 2. The molecular formula is C21H19NO. The molecule has 2 nitrogen and oxygen atoms in total. The van der Waals surface area contributed by atoms with E-state index in [2.05, 4.69) is 74.2 Å². The fourth-order valence-corrected chi connectivity index (χ4v) is 3.49. The Balaban J connectivity index is 2.05. The minimum Gasteiger partial charge on any atom is -0.447 e. The van der Waals surface area contributed by atoms with E-state index < -0.39 is 0 Å². The first kappa shape index (κ1) is 13.9. The van der Waals surface area contributed by atoms with Crippen LogP contribution in [0.5, 0.6) is 0 Å². The van der Waals surface area contributed by atoms with E-state index >= 15 is 0 Å². The van der Waals surface area contributed by atoms with Crippen LogP contribution in [0.25, 0.3) is 12.2 Å². The second kappa shape index (κ2) is 5.17. The molecule has 0 unspecified atom stereocenters. The molecule has 0 N–H and O–H groups in total. The zero-order chi connectivity index (χ0) is 16.0. The number of aryl methyl sites for hydroxylation is 3. The SMILES string of the molecule is Cc1cc(C)c(N2c3ccccc3C=Cc3ccoc32)c(C)c1. The number of rotatable bonds is 1. The van der Waals surface area contributed by atoms with Crippen molar-refractivity contribution in [2.75, 3.05) is 4.90 Å². The second-order valence-electron chi connectivity index (χ2n) is 6.16. The number of anilines is 3. The average molecular weight is 301 g/mol. The average Bonchev–Trinajstić information content (AvgIpc) is 2.92. The third kappa shape index (κ3) is 2.18. The van der Waals surface area contributed by atoms with Crippen molar-refractivity contribution < 1.29 is 4.42 Å². The van der Waals surface area contributed by atoms with Gasteiger partial charge in [0, 0.05) is 5.56 Å². The molecule has 3 aromatic rings. The molecule has 114 valence electrons. The fourth-order valence-electron chi connectivity index (χ4n) is 3.49. The normalized spacial score (nSPS) is 12.7. The lowest BCUT2D eigenvalue weighted by atomic mass is 10.0. The van der Waals surface area contributed by atoms with E-state index in [1.54, 1.807) is 6.26 Å². The van der Waals surface area contributed by atoms with Gasteiger partial charge in [-0.2, -0.15) is 0 Å². The summed E-state index contributed by atoms with van der Waals surface area (Å²) in [6.07, 6.45) is 6.04. The van der Waals surface area contributed by atoms with Gasteiger partial charge in [-0.15, -0.1) is 0 Å². The van der Waals surface area contributed by atoms with Crippen LogP contribution in [0.1, 0.15) is 27.8 Å². The third-order valence-corrected chi connectivity index (χ3v) is 4.36. The van der Waals surface area contributed by atoms with Crippen molar-refractivity contribution in [2.24, 2.45) is 0 Å². The van der Waals surface area contributed by atoms with Gasteiger partial charge in [-0.3, -0.25) is 4.90 Å². The van der Waals surface area contributed by atoms with Crippen molar-refractivity contribution in [1.29, 1.82) is 0 Å². The van der Waals surface area contributed by atoms with Crippen LogP contribution in [0.3, 0.4) is 0 Å². The number of furan rings is 1. The van der Waals surface area contributed by atoms with E-state index in [1.807, 2.05) is 6.07 Å². The molecule has 0 fully saturated rings. The molecule has 0 amide bonds. The smallest absolute Gasteiger partial charge is 0.211 e. The van der Waals surface area contributed by atoms with Crippen LogP contribution in [-0.2, 0) is 0 Å². The first-order valence-corrected chi connectivity index (χ1v) is 7.88. The Morgan fingerprint density at radius 1 is 0.826 bits per heavy atom. The van der Waals surface area contributed by atoms with Crippen LogP contribution < -0.4 is 4.90 Å². The Labute approximate surface area is 136 Å². The van der Waals surface area contributed by atoms with E-state index in [-0.39, 0.29) is 0 Å². The quantitative estimate of drug-likeness (QED) is 0.418. The topological polar surface area (TPSA) is 16.4 Å². The minimum absolute atomic E-state index is 0.876. The van der Waals surface area contributed by atoms with Crippen molar-refractivity contribution in [2.45, 2.75) is 20.8 Å². The van der Waals surface area contributed by atoms with Gasteiger partial charge in [-0.25, -0.2) is 0 Å². The van der Waals surface area contributed by atoms with Gasteiger partial charge in [0.25, 0.3) is 0 Å². The maximum Gasteiger partial charge on any atom is 0.211 e. The van der Waals surface area contributed by atoms with Gasteiger partial charge in [0.1, 0.15) is 0 Å². The molecular weight excluding hydrogens is 282 g/mol. The lowest BCUT2D eigenvalue weighted by Gasteiger charge is -2.27. The predicted octanol–water partition coefficient (Wildman–Crippen LogP) is 6.16. The molecule has 0 saturated carbocycles. The standard InChI is InChI=1S/C21H19NO/c1-14-12-15(2)20(16(3)13-14)22-19-7-5-4-6-17(19)8-9-18-10-11-23-21(18)22/h4-13H,1-3H3. The Bertz CT molecular complexity index is 894. The Morgan fingerprint density at radius 3 is 2.30 bits per heavy atom. The summed E-state index contributed by atoms with van der Waals surface area (Å²) in [6.45, 7) is 6.47. The molecule has 0 saturated heterocycles. The van der Waals surface area contributed by atoms with E-state index in [0.29, 0.717) is 0 Å². The molecule has 0 radical (unpaired) electrons. The summed E-state index contributed by atoms with van der Waals surface area (Å²) in [5, 5.41) is 0. The summed E-state index contributed by atoms with van der Waals surface area (Å²) in [4.78, 5) is 2.24. The van der Waals surface area contributed by atoms with E-state index in [0.717, 1.165) is 17.1 Å². The molecule has 2 heterocycles. The van der Waals surface area contributed by atoms with E-state index in [1.165, 1.54) is 27.9 Å². The molecule has 1 aromatic heterocycles. The Morgan fingerprint density at radius 2 is 1.52 bits per heavy atom. The molecule has 1 aliphatic heterocycles. The maximum absolute atomic E-state index is 5.87. The minimum atomic E-state index is 0.876. The van der Waals surface area contributed by atoms with Crippen LogP contribution in [0, 0.1) is 20.8 Å². The molecule has 0 bridgehead atoms. The monoisotopic (exact) mass is 301 g/mol. The van der Waals surface area contributed by atoms with Crippen LogP contribution in [-0.4, -0.2) is 0 Å². The highest BCUT2D eigenvalue weighted by Crippen LogP contribution is 2.44. The summed E-state index contributed by atoms with van der Waals surface area (Å²) >= 11 is 0. The van der Waals surface area contributed by atoms with Gasteiger partial charge < -0.3 is 4.42 Å². The van der Waals surface area contributed by atoms with Gasteiger partial charge >= 0.3 is 0 Å². The first-order valence-electron chi connectivity index (χ1n) is 7.88. The second-order valence-corrected chi connectivity index (χ2v) is 6.16. The zero-order valence-electron chi connectivity index (χ0n) is 13.6. The van der Waals surface area contributed by atoms with Crippen LogP contribution in [0.2, 0.25) is 0 Å². The molecule has 0 atom stereocenters. The van der Waals surface area contributed by atoms with Crippen molar-refractivity contribution in [1.82, 2.24) is 0 Å². The number of para-hydroxylation sites is 1. The number of hydrogen-bond donors (Lipinski definition) is 0. The largest absolute Gasteiger partial charge is 0.447 e. The molecule has 0 spiro atoms. The van der Waals surface area contributed by atoms with Crippen molar-refractivity contribution >= 4 is 29.4 Å². The predicted molar refractivity (Wildman–Crippen MR) is 96.5 cm³/mol. The molecule has 23 heavy (non-hydrogen) atoms. The van der Waals surface area contributed by atoms with Gasteiger partial charge in [0.05, 0.1) is 17.6 Å². The summed E-state index contributed by atoms with van der Waals surface area (Å²) in [6, 6.07) is 14.9. The molecule has 0 aliphatic carbocycles. The van der Waals surface area contributed by atoms with Crippen LogP contribution in [0.4, 0.5) is 17.3 Å². The van der Waals surface area contributed by atoms with Crippen LogP contribution >= 0.6 is 0 Å². The highest BCUT2D eigenvalue weighted by atomic mass is 16.3. The summed E-state index contributed by atoms with van der Waals surface area (Å²) in [7, 11) is 0. The number of nitrogens with zero attached hydrogens (tertiary/aromatic N) is 1. The van der Waals surface area contributed by atoms with Crippen LogP contribution in [0.15, 0.2) is 53.1 Å². The third-order valence-electron chi connectivity index (χ3n) is 4.36. The van der Waals surface area contributed by atoms with Gasteiger partial charge in [0.15, 0.2) is 0 Å². The molecule has 2 heteroatoms. The van der Waals surface area contributed by atoms with Crippen molar-refractivity contribution in [3.8, 4) is 0 Å². The molecule has 2 aromatic carbocycles. The summed E-state index contributed by atoms with van der Waals surface area (Å²) < 4.78 is 5.87. The summed E-state index contributed by atoms with van der Waals surface area (Å²) in [5.41, 5.74) is 8.42. The Kier molecular flexibility index (Phi) is 3.12. The van der Waals surface area contributed by atoms with E-state index in [4.69, 9.17) is 4.42 Å². The lowest BCUT2D eigenvalue weighted by Crippen LogP contribution is -2.13. The zero-order valence-corrected chi connectivity index (χ0v) is 13.6.